The zero-order chi connectivity index (χ0) is 23.4. The van der Waals surface area contributed by atoms with Crippen molar-refractivity contribution in [3.63, 3.8) is 0 Å². The van der Waals surface area contributed by atoms with E-state index in [2.05, 4.69) is 40.2 Å². The van der Waals surface area contributed by atoms with E-state index in [0.717, 1.165) is 75.9 Å². The molecule has 7 heteroatoms. The van der Waals surface area contributed by atoms with E-state index in [9.17, 15) is 4.79 Å². The zero-order valence-corrected chi connectivity index (χ0v) is 19.8. The molecule has 0 aliphatic heterocycles. The Kier molecular flexibility index (Phi) is 4.86. The van der Waals surface area contributed by atoms with Crippen LogP contribution in [0.4, 0.5) is 0 Å². The van der Waals surface area contributed by atoms with E-state index in [1.54, 1.807) is 9.25 Å². The van der Waals surface area contributed by atoms with Crippen LogP contribution in [0.25, 0.3) is 44.3 Å². The van der Waals surface area contributed by atoms with E-state index in [4.69, 9.17) is 0 Å². The van der Waals surface area contributed by atoms with E-state index in [-0.39, 0.29) is 11.7 Å². The summed E-state index contributed by atoms with van der Waals surface area (Å²) in [6.07, 6.45) is 11.9. The maximum absolute atomic E-state index is 13.3. The fourth-order valence-electron chi connectivity index (χ4n) is 5.33. The second-order valence-electron chi connectivity index (χ2n) is 9.68. The molecule has 34 heavy (non-hydrogen) atoms. The van der Waals surface area contributed by atoms with Crippen LogP contribution in [0.3, 0.4) is 0 Å². The standard InChI is InChI=1S/C27H28N6O/c1-17-4-8-21(9-5-17)33-26-22-12-18(6-11-24(22)29-15-25(26)32(3)27(33)34)19-7-10-23(28-13-19)20-14-30-31(2)16-20/h6-7,10-17,21H,4-5,8-9H2,1-3H3. The molecule has 5 aromatic rings. The van der Waals surface area contributed by atoms with Gasteiger partial charge in [-0.1, -0.05) is 19.1 Å². The summed E-state index contributed by atoms with van der Waals surface area (Å²) in [7, 11) is 3.75. The highest BCUT2D eigenvalue weighted by Crippen LogP contribution is 2.35. The summed E-state index contributed by atoms with van der Waals surface area (Å²) in [6.45, 7) is 2.31. The molecular weight excluding hydrogens is 424 g/mol. The summed E-state index contributed by atoms with van der Waals surface area (Å²) < 4.78 is 5.56. The van der Waals surface area contributed by atoms with Crippen molar-refractivity contribution < 1.29 is 0 Å². The van der Waals surface area contributed by atoms with E-state index in [0.29, 0.717) is 0 Å². The molecule has 6 rings (SSSR count). The molecule has 1 aliphatic rings. The highest BCUT2D eigenvalue weighted by molar-refractivity contribution is 6.04. The van der Waals surface area contributed by atoms with Crippen molar-refractivity contribution in [1.82, 2.24) is 28.9 Å². The Morgan fingerprint density at radius 2 is 1.68 bits per heavy atom. The van der Waals surface area contributed by atoms with Gasteiger partial charge in [-0.05, 0) is 55.4 Å². The number of hydrogen-bond acceptors (Lipinski definition) is 4. The smallest absolute Gasteiger partial charge is 0.293 e. The molecular formula is C27H28N6O. The molecule has 0 radical (unpaired) electrons. The molecule has 0 bridgehead atoms. The summed E-state index contributed by atoms with van der Waals surface area (Å²) >= 11 is 0. The van der Waals surface area contributed by atoms with Crippen molar-refractivity contribution >= 4 is 21.9 Å². The first kappa shape index (κ1) is 20.8. The Morgan fingerprint density at radius 1 is 0.882 bits per heavy atom. The predicted octanol–water partition coefficient (Wildman–Crippen LogP) is 5.10. The van der Waals surface area contributed by atoms with Gasteiger partial charge in [-0.2, -0.15) is 5.10 Å². The van der Waals surface area contributed by atoms with Gasteiger partial charge < -0.3 is 0 Å². The average Bonchev–Trinajstić information content (AvgIpc) is 3.41. The predicted molar refractivity (Wildman–Crippen MR) is 135 cm³/mol. The van der Waals surface area contributed by atoms with Gasteiger partial charge in [-0.3, -0.25) is 23.8 Å². The Balaban J connectivity index is 1.48. The number of rotatable bonds is 3. The lowest BCUT2D eigenvalue weighted by Crippen LogP contribution is -2.28. The summed E-state index contributed by atoms with van der Waals surface area (Å²) in [5.41, 5.74) is 6.82. The topological polar surface area (TPSA) is 70.5 Å². The van der Waals surface area contributed by atoms with E-state index in [1.807, 2.05) is 55.6 Å². The maximum atomic E-state index is 13.3. The maximum Gasteiger partial charge on any atom is 0.329 e. The quantitative estimate of drug-likeness (QED) is 0.382. The number of aromatic nitrogens is 6. The third-order valence-corrected chi connectivity index (χ3v) is 7.36. The highest BCUT2D eigenvalue weighted by atomic mass is 16.1. The largest absolute Gasteiger partial charge is 0.329 e. The molecule has 1 aliphatic carbocycles. The number of benzene rings is 1. The Morgan fingerprint density at radius 3 is 2.38 bits per heavy atom. The van der Waals surface area contributed by atoms with Crippen molar-refractivity contribution in [3.8, 4) is 22.4 Å². The lowest BCUT2D eigenvalue weighted by Gasteiger charge is -2.27. The Hall–Kier alpha value is -3.74. The molecule has 1 fully saturated rings. The van der Waals surface area contributed by atoms with Crippen molar-refractivity contribution in [2.24, 2.45) is 20.0 Å². The second-order valence-corrected chi connectivity index (χ2v) is 9.68. The van der Waals surface area contributed by atoms with Gasteiger partial charge in [0, 0.05) is 49.0 Å². The molecule has 0 unspecified atom stereocenters. The van der Waals surface area contributed by atoms with Crippen molar-refractivity contribution in [1.29, 1.82) is 0 Å². The first-order valence-electron chi connectivity index (χ1n) is 11.9. The molecule has 0 N–H and O–H groups in total. The zero-order valence-electron chi connectivity index (χ0n) is 19.8. The summed E-state index contributed by atoms with van der Waals surface area (Å²) in [4.78, 5) is 22.7. The molecule has 0 amide bonds. The third-order valence-electron chi connectivity index (χ3n) is 7.36. The van der Waals surface area contributed by atoms with Gasteiger partial charge in [0.2, 0.25) is 0 Å². The third kappa shape index (κ3) is 3.34. The van der Waals surface area contributed by atoms with E-state index in [1.165, 1.54) is 0 Å². The van der Waals surface area contributed by atoms with Crippen molar-refractivity contribution in [2.75, 3.05) is 0 Å². The fraction of sp³-hybridized carbons (Fsp3) is 0.333. The Labute approximate surface area is 197 Å². The minimum absolute atomic E-state index is 0.0525. The monoisotopic (exact) mass is 452 g/mol. The number of aryl methyl sites for hydroxylation is 2. The summed E-state index contributed by atoms with van der Waals surface area (Å²) in [5.74, 6) is 0.731. The molecule has 1 saturated carbocycles. The fourth-order valence-corrected chi connectivity index (χ4v) is 5.33. The van der Waals surface area contributed by atoms with Crippen LogP contribution in [-0.2, 0) is 14.1 Å². The second kappa shape index (κ2) is 7.94. The van der Waals surface area contributed by atoms with Gasteiger partial charge in [-0.15, -0.1) is 0 Å². The molecule has 1 aromatic carbocycles. The van der Waals surface area contributed by atoms with Gasteiger partial charge >= 0.3 is 5.69 Å². The highest BCUT2D eigenvalue weighted by Gasteiger charge is 2.25. The first-order chi connectivity index (χ1) is 16.5. The van der Waals surface area contributed by atoms with Crippen molar-refractivity contribution in [3.05, 3.63) is 65.6 Å². The van der Waals surface area contributed by atoms with E-state index < -0.39 is 0 Å². The molecule has 172 valence electrons. The molecule has 0 saturated heterocycles. The van der Waals surface area contributed by atoms with Crippen LogP contribution in [-0.4, -0.2) is 28.9 Å². The van der Waals surface area contributed by atoms with Crippen LogP contribution in [0.15, 0.2) is 59.9 Å². The minimum atomic E-state index is 0.0525. The van der Waals surface area contributed by atoms with Crippen LogP contribution in [0.1, 0.15) is 38.6 Å². The average molecular weight is 453 g/mol. The van der Waals surface area contributed by atoms with Gasteiger partial charge in [0.25, 0.3) is 0 Å². The SMILES string of the molecule is CC1CCC(n2c(=O)n(C)c3cnc4ccc(-c5ccc(-c6cnn(C)c6)nc5)cc4c32)CC1. The van der Waals surface area contributed by atoms with Crippen molar-refractivity contribution in [2.45, 2.75) is 38.6 Å². The normalized spacial score (nSPS) is 18.7. The van der Waals surface area contributed by atoms with Crippen LogP contribution >= 0.6 is 0 Å². The van der Waals surface area contributed by atoms with Crippen LogP contribution < -0.4 is 5.69 Å². The van der Waals surface area contributed by atoms with Crippen LogP contribution in [0.5, 0.6) is 0 Å². The molecule has 4 aromatic heterocycles. The lowest BCUT2D eigenvalue weighted by molar-refractivity contribution is 0.289. The first-order valence-corrected chi connectivity index (χ1v) is 11.9. The summed E-state index contributed by atoms with van der Waals surface area (Å²) in [5, 5.41) is 5.25. The number of fused-ring (bicyclic) bond motifs is 3. The number of pyridine rings is 2. The van der Waals surface area contributed by atoms with Gasteiger partial charge in [-0.25, -0.2) is 4.79 Å². The number of imidazole rings is 1. The molecule has 0 atom stereocenters. The van der Waals surface area contributed by atoms with Gasteiger partial charge in [0.1, 0.15) is 0 Å². The van der Waals surface area contributed by atoms with Crippen LogP contribution in [0, 0.1) is 5.92 Å². The van der Waals surface area contributed by atoms with Crippen LogP contribution in [0.2, 0.25) is 0 Å². The minimum Gasteiger partial charge on any atom is -0.293 e. The van der Waals surface area contributed by atoms with E-state index >= 15 is 0 Å². The van der Waals surface area contributed by atoms with Gasteiger partial charge in [0.05, 0.1) is 34.6 Å². The number of nitrogens with zero attached hydrogens (tertiary/aromatic N) is 6. The summed E-state index contributed by atoms with van der Waals surface area (Å²) in [6, 6.07) is 10.6. The molecule has 0 spiro atoms. The molecule has 4 heterocycles. The molecule has 7 nitrogen and oxygen atoms in total. The Bertz CT molecular complexity index is 1570. The number of hydrogen-bond donors (Lipinski definition) is 0. The van der Waals surface area contributed by atoms with Gasteiger partial charge in [0.15, 0.2) is 0 Å². The lowest BCUT2D eigenvalue weighted by atomic mass is 9.87.